The summed E-state index contributed by atoms with van der Waals surface area (Å²) in [7, 11) is 4.81. The zero-order valence-electron chi connectivity index (χ0n) is 21.7. The van der Waals surface area contributed by atoms with Crippen molar-refractivity contribution in [3.8, 4) is 11.5 Å². The minimum atomic E-state index is -0.394. The van der Waals surface area contributed by atoms with Gasteiger partial charge < -0.3 is 28.4 Å². The summed E-state index contributed by atoms with van der Waals surface area (Å²) in [6.45, 7) is 3.23. The van der Waals surface area contributed by atoms with E-state index >= 15 is 0 Å². The minimum Gasteiger partial charge on any atom is -0.497 e. The smallest absolute Gasteiger partial charge is 0.342 e. The Hall–Kier alpha value is -2.87. The third kappa shape index (κ3) is 8.08. The molecular weight excluding hydrogens is 460 g/mol. The lowest BCUT2D eigenvalue weighted by atomic mass is 9.93. The van der Waals surface area contributed by atoms with E-state index in [9.17, 15) is 4.79 Å². The molecule has 3 rings (SSSR count). The third-order valence-corrected chi connectivity index (χ3v) is 6.36. The molecule has 0 aliphatic carbocycles. The lowest BCUT2D eigenvalue weighted by molar-refractivity contribution is -0.104. The second-order valence-electron chi connectivity index (χ2n) is 8.95. The minimum absolute atomic E-state index is 0.134. The highest BCUT2D eigenvalue weighted by Gasteiger charge is 2.28. The summed E-state index contributed by atoms with van der Waals surface area (Å²) < 4.78 is 33.9. The Labute approximate surface area is 214 Å². The van der Waals surface area contributed by atoms with E-state index in [1.165, 1.54) is 0 Å². The van der Waals surface area contributed by atoms with Crippen LogP contribution >= 0.6 is 0 Å². The van der Waals surface area contributed by atoms with Crippen molar-refractivity contribution in [2.75, 3.05) is 34.7 Å². The highest BCUT2D eigenvalue weighted by molar-refractivity contribution is 5.94. The molecule has 0 fully saturated rings. The molecule has 1 heterocycles. The predicted octanol–water partition coefficient (Wildman–Crippen LogP) is 5.35. The van der Waals surface area contributed by atoms with Gasteiger partial charge in [0.05, 0.1) is 33.5 Å². The van der Waals surface area contributed by atoms with Crippen LogP contribution in [0.15, 0.2) is 54.6 Å². The molecule has 0 N–H and O–H groups in total. The first-order valence-electron chi connectivity index (χ1n) is 12.4. The van der Waals surface area contributed by atoms with Gasteiger partial charge in [0.2, 0.25) is 0 Å². The molecule has 1 aliphatic heterocycles. The lowest BCUT2D eigenvalue weighted by Gasteiger charge is -2.28. The first-order valence-corrected chi connectivity index (χ1v) is 12.4. The fraction of sp³-hybridized carbons (Fsp3) is 0.483. The quantitative estimate of drug-likeness (QED) is 0.189. The van der Waals surface area contributed by atoms with Crippen molar-refractivity contribution in [1.82, 2.24) is 0 Å². The first-order chi connectivity index (χ1) is 17.5. The summed E-state index contributed by atoms with van der Waals surface area (Å²) >= 11 is 0. The van der Waals surface area contributed by atoms with Crippen molar-refractivity contribution >= 4 is 5.97 Å². The number of carbonyl (C=O) groups is 1. The number of rotatable bonds is 10. The van der Waals surface area contributed by atoms with Crippen LogP contribution in [0.2, 0.25) is 0 Å². The highest BCUT2D eigenvalue weighted by atomic mass is 16.7. The second kappa shape index (κ2) is 14.6. The molecule has 0 saturated heterocycles. The van der Waals surface area contributed by atoms with Gasteiger partial charge in [0, 0.05) is 20.0 Å². The molecule has 0 aromatic heterocycles. The first kappa shape index (κ1) is 27.7. The maximum absolute atomic E-state index is 13.4. The van der Waals surface area contributed by atoms with Crippen molar-refractivity contribution in [3.05, 3.63) is 71.3 Å². The molecule has 0 amide bonds. The van der Waals surface area contributed by atoms with Crippen molar-refractivity contribution < 1.29 is 33.2 Å². The van der Waals surface area contributed by atoms with Crippen LogP contribution in [0.4, 0.5) is 0 Å². The van der Waals surface area contributed by atoms with Crippen LogP contribution in [0.3, 0.4) is 0 Å². The van der Waals surface area contributed by atoms with Crippen LogP contribution in [0.1, 0.15) is 47.7 Å². The Morgan fingerprint density at radius 1 is 1.00 bits per heavy atom. The fourth-order valence-corrected chi connectivity index (χ4v) is 4.26. The van der Waals surface area contributed by atoms with Gasteiger partial charge in [-0.1, -0.05) is 43.3 Å². The van der Waals surface area contributed by atoms with Gasteiger partial charge in [-0.25, -0.2) is 4.79 Å². The topological polar surface area (TPSA) is 72.5 Å². The Kier molecular flexibility index (Phi) is 11.3. The van der Waals surface area contributed by atoms with Crippen molar-refractivity contribution in [2.45, 2.75) is 51.4 Å². The summed E-state index contributed by atoms with van der Waals surface area (Å²) in [6, 6.07) is 13.4. The number of allylic oxidation sites excluding steroid dienone is 2. The maximum atomic E-state index is 13.4. The fourth-order valence-electron chi connectivity index (χ4n) is 4.26. The maximum Gasteiger partial charge on any atom is 0.342 e. The highest BCUT2D eigenvalue weighted by Crippen LogP contribution is 2.28. The SMILES string of the molecule is COCOC1C[C@@H](CCOCc2ccc(OC)cc2)OC(=O)c2c(cccc2OC)C/C=C/C[C@H]1C. The van der Waals surface area contributed by atoms with E-state index in [0.29, 0.717) is 43.8 Å². The largest absolute Gasteiger partial charge is 0.497 e. The Balaban J connectivity index is 1.75. The molecule has 7 nitrogen and oxygen atoms in total. The van der Waals surface area contributed by atoms with Gasteiger partial charge in [-0.05, 0) is 48.1 Å². The number of ether oxygens (including phenoxy) is 6. The van der Waals surface area contributed by atoms with E-state index in [2.05, 4.69) is 19.1 Å². The van der Waals surface area contributed by atoms with Crippen LogP contribution in [-0.4, -0.2) is 52.9 Å². The van der Waals surface area contributed by atoms with Crippen LogP contribution in [0.5, 0.6) is 11.5 Å². The van der Waals surface area contributed by atoms with Crippen molar-refractivity contribution in [2.24, 2.45) is 5.92 Å². The molecular formula is C29H38O7. The van der Waals surface area contributed by atoms with Gasteiger partial charge >= 0.3 is 5.97 Å². The summed E-state index contributed by atoms with van der Waals surface area (Å²) in [5.41, 5.74) is 2.40. The number of hydrogen-bond acceptors (Lipinski definition) is 7. The molecule has 0 bridgehead atoms. The average molecular weight is 499 g/mol. The number of fused-ring (bicyclic) bond motifs is 1. The molecule has 1 aliphatic rings. The van der Waals surface area contributed by atoms with E-state index < -0.39 is 5.97 Å². The third-order valence-electron chi connectivity index (χ3n) is 6.36. The van der Waals surface area contributed by atoms with Crippen LogP contribution in [0.25, 0.3) is 0 Å². The van der Waals surface area contributed by atoms with E-state index in [1.807, 2.05) is 36.4 Å². The molecule has 0 spiro atoms. The van der Waals surface area contributed by atoms with Gasteiger partial charge in [-0.2, -0.15) is 0 Å². The number of carbonyl (C=O) groups excluding carboxylic acids is 1. The van der Waals surface area contributed by atoms with Crippen molar-refractivity contribution in [3.63, 3.8) is 0 Å². The molecule has 36 heavy (non-hydrogen) atoms. The number of benzene rings is 2. The molecule has 2 aromatic rings. The summed E-state index contributed by atoms with van der Waals surface area (Å²) in [6.07, 6.45) is 6.26. The molecule has 0 radical (unpaired) electrons. The molecule has 2 aromatic carbocycles. The van der Waals surface area contributed by atoms with Crippen LogP contribution < -0.4 is 9.47 Å². The van der Waals surface area contributed by atoms with Gasteiger partial charge in [0.25, 0.3) is 0 Å². The Morgan fingerprint density at radius 2 is 1.81 bits per heavy atom. The normalized spacial score (nSPS) is 21.4. The number of methoxy groups -OCH3 is 3. The van der Waals surface area contributed by atoms with Crippen LogP contribution in [-0.2, 0) is 32.0 Å². The van der Waals surface area contributed by atoms with Crippen LogP contribution in [0, 0.1) is 5.92 Å². The van der Waals surface area contributed by atoms with E-state index in [0.717, 1.165) is 23.3 Å². The molecule has 0 saturated carbocycles. The second-order valence-corrected chi connectivity index (χ2v) is 8.95. The summed E-state index contributed by atoms with van der Waals surface area (Å²) in [5.74, 6) is 1.15. The standard InChI is InChI=1S/C29H38O7/c1-21-8-5-6-9-23-10-7-11-26(33-4)28(23)29(30)36-25(18-27(21)35-20-31-2)16-17-34-19-22-12-14-24(32-3)15-13-22/h5-7,10-15,21,25,27H,8-9,16-20H2,1-4H3/b6-5+/t21-,25-,27?/m1/s1. The summed E-state index contributed by atoms with van der Waals surface area (Å²) in [4.78, 5) is 13.4. The molecule has 3 atom stereocenters. The number of hydrogen-bond donors (Lipinski definition) is 0. The van der Waals surface area contributed by atoms with Gasteiger partial charge in [-0.3, -0.25) is 0 Å². The molecule has 7 heteroatoms. The van der Waals surface area contributed by atoms with Gasteiger partial charge in [0.1, 0.15) is 30.0 Å². The van der Waals surface area contributed by atoms with E-state index in [1.54, 1.807) is 27.4 Å². The van der Waals surface area contributed by atoms with E-state index in [-0.39, 0.29) is 24.9 Å². The monoisotopic (exact) mass is 498 g/mol. The Morgan fingerprint density at radius 3 is 2.53 bits per heavy atom. The van der Waals surface area contributed by atoms with Crippen molar-refractivity contribution in [1.29, 1.82) is 0 Å². The zero-order valence-corrected chi connectivity index (χ0v) is 21.7. The average Bonchev–Trinajstić information content (AvgIpc) is 2.90. The van der Waals surface area contributed by atoms with Gasteiger partial charge in [-0.15, -0.1) is 0 Å². The number of cyclic esters (lactones) is 1. The Bertz CT molecular complexity index is 970. The summed E-state index contributed by atoms with van der Waals surface area (Å²) in [5, 5.41) is 0. The van der Waals surface area contributed by atoms with E-state index in [4.69, 9.17) is 28.4 Å². The lowest BCUT2D eigenvalue weighted by Crippen LogP contribution is -2.32. The zero-order chi connectivity index (χ0) is 25.8. The molecule has 1 unspecified atom stereocenters. The molecule has 196 valence electrons. The predicted molar refractivity (Wildman–Crippen MR) is 137 cm³/mol. The van der Waals surface area contributed by atoms with Gasteiger partial charge in [0.15, 0.2) is 0 Å². The number of esters is 1.